The highest BCUT2D eigenvalue weighted by atomic mass is 16.6. The van der Waals surface area contributed by atoms with Crippen molar-refractivity contribution < 1.29 is 19.2 Å². The molecule has 2 fully saturated rings. The third kappa shape index (κ3) is 4.25. The molecule has 3 aromatic rings. The van der Waals surface area contributed by atoms with Crippen LogP contribution in [0.2, 0.25) is 0 Å². The van der Waals surface area contributed by atoms with Crippen molar-refractivity contribution in [2.24, 2.45) is 0 Å². The third-order valence-corrected chi connectivity index (χ3v) is 7.75. The monoisotopic (exact) mass is 503 g/mol. The number of amides is 2. The fraction of sp³-hybridized carbons (Fsp3) is 0.407. The lowest BCUT2D eigenvalue weighted by molar-refractivity contribution is -0.384. The number of non-ortho nitro benzene ring substituents is 1. The molecule has 2 atom stereocenters. The van der Waals surface area contributed by atoms with Crippen molar-refractivity contribution in [1.29, 1.82) is 0 Å². The topological polar surface area (TPSA) is 112 Å². The molecule has 4 heterocycles. The van der Waals surface area contributed by atoms with Crippen LogP contribution in [0.15, 0.2) is 48.5 Å². The van der Waals surface area contributed by atoms with Crippen LogP contribution in [0.5, 0.6) is 0 Å². The Morgan fingerprint density at radius 1 is 1.05 bits per heavy atom. The number of nitro groups is 1. The van der Waals surface area contributed by atoms with E-state index in [-0.39, 0.29) is 24.0 Å². The number of carbonyl (C=O) groups is 2. The van der Waals surface area contributed by atoms with Gasteiger partial charge in [0.1, 0.15) is 6.04 Å². The molecule has 3 aliphatic rings. The maximum absolute atomic E-state index is 13.8. The van der Waals surface area contributed by atoms with Crippen molar-refractivity contribution in [2.75, 3.05) is 45.9 Å². The number of rotatable bonds is 6. The molecule has 0 saturated carbocycles. The second-order valence-electron chi connectivity index (χ2n) is 9.91. The molecule has 3 aliphatic heterocycles. The summed E-state index contributed by atoms with van der Waals surface area (Å²) in [6, 6.07) is 13.0. The normalized spacial score (nSPS) is 22.3. The predicted molar refractivity (Wildman–Crippen MR) is 136 cm³/mol. The Bertz CT molecular complexity index is 1360. The van der Waals surface area contributed by atoms with Crippen LogP contribution in [0.1, 0.15) is 29.3 Å². The molecule has 0 bridgehead atoms. The van der Waals surface area contributed by atoms with Gasteiger partial charge in [0.2, 0.25) is 11.8 Å². The van der Waals surface area contributed by atoms with E-state index < -0.39 is 17.0 Å². The maximum Gasteiger partial charge on any atom is 0.269 e. The number of aromatic amines is 1. The Kier molecular flexibility index (Phi) is 6.13. The Balaban J connectivity index is 1.34. The van der Waals surface area contributed by atoms with Crippen LogP contribution in [-0.2, 0) is 20.7 Å². The maximum atomic E-state index is 13.8. The minimum atomic E-state index is -0.652. The highest BCUT2D eigenvalue weighted by molar-refractivity contribution is 5.97. The van der Waals surface area contributed by atoms with Crippen LogP contribution < -0.4 is 0 Å². The van der Waals surface area contributed by atoms with Gasteiger partial charge in [-0.1, -0.05) is 30.3 Å². The van der Waals surface area contributed by atoms with E-state index in [4.69, 9.17) is 4.74 Å². The van der Waals surface area contributed by atoms with Crippen molar-refractivity contribution in [3.05, 3.63) is 75.5 Å². The first kappa shape index (κ1) is 23.6. The second kappa shape index (κ2) is 9.60. The molecule has 10 heteroatoms. The Morgan fingerprint density at radius 2 is 1.86 bits per heavy atom. The number of carbonyl (C=O) groups excluding carboxylic acids is 2. The van der Waals surface area contributed by atoms with E-state index in [1.54, 1.807) is 21.9 Å². The number of piperazine rings is 1. The standard InChI is InChI=1S/C27H29N5O5/c33-24-17-30(10-4-9-29-11-13-37-14-12-29)27(34)23-16-21-20-7-1-2-8-22(20)28-25(21)26(31(23)24)18-5-3-6-19(15-18)32(35)36/h1-3,5-8,15,23,26,28H,4,9-14,16-17H2/t23-,26+/m1/s1. The quantitative estimate of drug-likeness (QED) is 0.409. The smallest absolute Gasteiger partial charge is 0.269 e. The number of nitrogens with one attached hydrogen (secondary N) is 1. The molecule has 0 spiro atoms. The first-order valence-corrected chi connectivity index (χ1v) is 12.7. The molecule has 2 aromatic carbocycles. The van der Waals surface area contributed by atoms with Gasteiger partial charge in [0, 0.05) is 61.3 Å². The molecule has 1 N–H and O–H groups in total. The third-order valence-electron chi connectivity index (χ3n) is 7.75. The van der Waals surface area contributed by atoms with Gasteiger partial charge in [-0.3, -0.25) is 24.6 Å². The largest absolute Gasteiger partial charge is 0.379 e. The van der Waals surface area contributed by atoms with Gasteiger partial charge in [-0.05, 0) is 23.6 Å². The first-order valence-electron chi connectivity index (χ1n) is 12.7. The van der Waals surface area contributed by atoms with Crippen molar-refractivity contribution in [2.45, 2.75) is 24.9 Å². The number of nitro benzene ring substituents is 1. The van der Waals surface area contributed by atoms with E-state index in [1.165, 1.54) is 12.1 Å². The van der Waals surface area contributed by atoms with Gasteiger partial charge in [-0.2, -0.15) is 0 Å². The van der Waals surface area contributed by atoms with E-state index in [2.05, 4.69) is 9.88 Å². The van der Waals surface area contributed by atoms with Crippen molar-refractivity contribution in [3.63, 3.8) is 0 Å². The SMILES string of the molecule is O=C1[C@H]2Cc3c([nH]c4ccccc34)[C@H](c3cccc([N+](=O)[O-])c3)N2C(=O)CN1CCCN1CCOCC1. The van der Waals surface area contributed by atoms with Crippen LogP contribution in [-0.4, -0.2) is 88.4 Å². The van der Waals surface area contributed by atoms with Gasteiger partial charge >= 0.3 is 0 Å². The second-order valence-corrected chi connectivity index (χ2v) is 9.91. The molecule has 0 unspecified atom stereocenters. The van der Waals surface area contributed by atoms with E-state index in [0.29, 0.717) is 18.5 Å². The Hall–Kier alpha value is -3.76. The number of benzene rings is 2. The molecule has 192 valence electrons. The van der Waals surface area contributed by atoms with Gasteiger partial charge in [-0.15, -0.1) is 0 Å². The fourth-order valence-electron chi connectivity index (χ4n) is 5.98. The summed E-state index contributed by atoms with van der Waals surface area (Å²) >= 11 is 0. The van der Waals surface area contributed by atoms with Crippen molar-refractivity contribution in [1.82, 2.24) is 19.7 Å². The van der Waals surface area contributed by atoms with Crippen LogP contribution >= 0.6 is 0 Å². The summed E-state index contributed by atoms with van der Waals surface area (Å²) < 4.78 is 5.41. The molecular weight excluding hydrogens is 474 g/mol. The number of hydrogen-bond acceptors (Lipinski definition) is 6. The minimum absolute atomic E-state index is 0.0133. The zero-order valence-corrected chi connectivity index (χ0v) is 20.5. The average Bonchev–Trinajstić information content (AvgIpc) is 3.29. The lowest BCUT2D eigenvalue weighted by Crippen LogP contribution is -2.63. The van der Waals surface area contributed by atoms with E-state index >= 15 is 0 Å². The van der Waals surface area contributed by atoms with Crippen LogP contribution in [0.4, 0.5) is 5.69 Å². The van der Waals surface area contributed by atoms with E-state index in [9.17, 15) is 19.7 Å². The lowest BCUT2D eigenvalue weighted by Gasteiger charge is -2.47. The number of morpholine rings is 1. The number of nitrogens with zero attached hydrogens (tertiary/aromatic N) is 4. The number of aromatic nitrogens is 1. The van der Waals surface area contributed by atoms with Crippen molar-refractivity contribution >= 4 is 28.4 Å². The van der Waals surface area contributed by atoms with E-state index in [0.717, 1.165) is 61.4 Å². The molecule has 0 radical (unpaired) electrons. The number of fused-ring (bicyclic) bond motifs is 4. The zero-order valence-electron chi connectivity index (χ0n) is 20.5. The molecule has 0 aliphatic carbocycles. The Morgan fingerprint density at radius 3 is 2.68 bits per heavy atom. The summed E-state index contributed by atoms with van der Waals surface area (Å²) in [7, 11) is 0. The zero-order chi connectivity index (χ0) is 25.5. The summed E-state index contributed by atoms with van der Waals surface area (Å²) in [5.41, 5.74) is 3.31. The summed E-state index contributed by atoms with van der Waals surface area (Å²) in [4.78, 5) is 47.6. The average molecular weight is 504 g/mol. The van der Waals surface area contributed by atoms with Crippen LogP contribution in [0.3, 0.4) is 0 Å². The van der Waals surface area contributed by atoms with Crippen LogP contribution in [0, 0.1) is 10.1 Å². The number of para-hydroxylation sites is 1. The van der Waals surface area contributed by atoms with Gasteiger partial charge in [0.05, 0.1) is 30.7 Å². The lowest BCUT2D eigenvalue weighted by atomic mass is 9.86. The number of H-pyrrole nitrogens is 1. The summed E-state index contributed by atoms with van der Waals surface area (Å²) in [5.74, 6) is -0.204. The Labute approximate surface area is 213 Å². The molecule has 2 amide bonds. The molecule has 10 nitrogen and oxygen atoms in total. The van der Waals surface area contributed by atoms with Gasteiger partial charge < -0.3 is 19.5 Å². The summed E-state index contributed by atoms with van der Waals surface area (Å²) in [6.45, 7) is 4.62. The predicted octanol–water partition coefficient (Wildman–Crippen LogP) is 2.48. The van der Waals surface area contributed by atoms with Gasteiger partial charge in [-0.25, -0.2) is 0 Å². The highest BCUT2D eigenvalue weighted by Gasteiger charge is 2.48. The first-order chi connectivity index (χ1) is 18.0. The van der Waals surface area contributed by atoms with Crippen molar-refractivity contribution in [3.8, 4) is 0 Å². The highest BCUT2D eigenvalue weighted by Crippen LogP contribution is 2.43. The number of ether oxygens (including phenoxy) is 1. The molecule has 6 rings (SSSR count). The number of hydrogen-bond donors (Lipinski definition) is 1. The van der Waals surface area contributed by atoms with E-state index in [1.807, 2.05) is 24.3 Å². The molecule has 2 saturated heterocycles. The fourth-order valence-corrected chi connectivity index (χ4v) is 5.98. The van der Waals surface area contributed by atoms with Gasteiger partial charge in [0.25, 0.3) is 5.69 Å². The summed E-state index contributed by atoms with van der Waals surface area (Å²) in [5, 5.41) is 12.5. The van der Waals surface area contributed by atoms with Gasteiger partial charge in [0.15, 0.2) is 0 Å². The molecular formula is C27H29N5O5. The minimum Gasteiger partial charge on any atom is -0.379 e. The molecule has 1 aromatic heterocycles. The van der Waals surface area contributed by atoms with Crippen LogP contribution in [0.25, 0.3) is 10.9 Å². The summed E-state index contributed by atoms with van der Waals surface area (Å²) in [6.07, 6.45) is 1.20. The molecule has 37 heavy (non-hydrogen) atoms.